The van der Waals surface area contributed by atoms with Crippen molar-refractivity contribution < 1.29 is 4.42 Å². The predicted octanol–water partition coefficient (Wildman–Crippen LogP) is 2.49. The maximum atomic E-state index is 5.47. The van der Waals surface area contributed by atoms with Crippen LogP contribution in [0.4, 0.5) is 0 Å². The first-order valence-electron chi connectivity index (χ1n) is 6.54. The fourth-order valence-corrected chi connectivity index (χ4v) is 2.69. The van der Waals surface area contributed by atoms with Crippen LogP contribution in [0.1, 0.15) is 32.4 Å². The Bertz CT molecular complexity index is 332. The number of furan rings is 1. The lowest BCUT2D eigenvalue weighted by atomic mass is 9.84. The standard InChI is InChI=1S/C14H24N2O/c1-14(2)7-6-12(9-15-3)10-16(14)11-13-5-4-8-17-13/h4-5,8,12,15H,6-7,9-11H2,1-3H3. The summed E-state index contributed by atoms with van der Waals surface area (Å²) in [5, 5.41) is 3.29. The first kappa shape index (κ1) is 12.7. The third kappa shape index (κ3) is 3.11. The monoisotopic (exact) mass is 236 g/mol. The summed E-state index contributed by atoms with van der Waals surface area (Å²) in [4.78, 5) is 2.55. The molecule has 0 radical (unpaired) electrons. The molecule has 1 aliphatic rings. The molecule has 1 saturated heterocycles. The van der Waals surface area contributed by atoms with Crippen molar-refractivity contribution in [2.24, 2.45) is 5.92 Å². The van der Waals surface area contributed by atoms with E-state index in [4.69, 9.17) is 4.42 Å². The maximum absolute atomic E-state index is 5.47. The van der Waals surface area contributed by atoms with Crippen LogP contribution in [0, 0.1) is 5.92 Å². The number of hydrogen-bond donors (Lipinski definition) is 1. The summed E-state index contributed by atoms with van der Waals surface area (Å²) in [5.41, 5.74) is 0.289. The summed E-state index contributed by atoms with van der Waals surface area (Å²) in [6, 6.07) is 4.04. The van der Waals surface area contributed by atoms with Crippen molar-refractivity contribution in [2.75, 3.05) is 20.1 Å². The lowest BCUT2D eigenvalue weighted by Crippen LogP contribution is -2.51. The second-order valence-electron chi connectivity index (χ2n) is 5.73. The maximum Gasteiger partial charge on any atom is 0.117 e. The van der Waals surface area contributed by atoms with E-state index in [0.29, 0.717) is 0 Å². The minimum atomic E-state index is 0.289. The molecule has 1 atom stereocenters. The van der Waals surface area contributed by atoms with Gasteiger partial charge in [0.1, 0.15) is 5.76 Å². The molecule has 1 fully saturated rings. The van der Waals surface area contributed by atoms with E-state index < -0.39 is 0 Å². The van der Waals surface area contributed by atoms with Crippen LogP contribution in [0.15, 0.2) is 22.8 Å². The lowest BCUT2D eigenvalue weighted by molar-refractivity contribution is 0.0329. The van der Waals surface area contributed by atoms with Gasteiger partial charge in [-0.05, 0) is 58.3 Å². The first-order valence-corrected chi connectivity index (χ1v) is 6.54. The second kappa shape index (κ2) is 5.23. The van der Waals surface area contributed by atoms with Gasteiger partial charge >= 0.3 is 0 Å². The molecule has 1 aliphatic heterocycles. The second-order valence-corrected chi connectivity index (χ2v) is 5.73. The molecule has 1 aromatic heterocycles. The van der Waals surface area contributed by atoms with Crippen molar-refractivity contribution in [3.05, 3.63) is 24.2 Å². The molecular formula is C14H24N2O. The number of likely N-dealkylation sites (tertiary alicyclic amines) is 1. The molecule has 1 N–H and O–H groups in total. The van der Waals surface area contributed by atoms with Gasteiger partial charge in [0.15, 0.2) is 0 Å². The Morgan fingerprint density at radius 2 is 2.35 bits per heavy atom. The molecule has 0 bridgehead atoms. The van der Waals surface area contributed by atoms with Crippen molar-refractivity contribution in [1.29, 1.82) is 0 Å². The van der Waals surface area contributed by atoms with Crippen molar-refractivity contribution in [1.82, 2.24) is 10.2 Å². The van der Waals surface area contributed by atoms with E-state index in [1.54, 1.807) is 6.26 Å². The van der Waals surface area contributed by atoms with Gasteiger partial charge in [-0.3, -0.25) is 4.90 Å². The third-order valence-corrected chi connectivity index (χ3v) is 3.92. The van der Waals surface area contributed by atoms with Crippen LogP contribution >= 0.6 is 0 Å². The molecule has 1 aromatic rings. The van der Waals surface area contributed by atoms with Gasteiger partial charge in [-0.1, -0.05) is 0 Å². The van der Waals surface area contributed by atoms with E-state index in [1.165, 1.54) is 12.8 Å². The van der Waals surface area contributed by atoms with Gasteiger partial charge in [-0.2, -0.15) is 0 Å². The Kier molecular flexibility index (Phi) is 3.89. The minimum Gasteiger partial charge on any atom is -0.468 e. The zero-order valence-corrected chi connectivity index (χ0v) is 11.2. The highest BCUT2D eigenvalue weighted by molar-refractivity contribution is 5.00. The van der Waals surface area contributed by atoms with E-state index >= 15 is 0 Å². The number of hydrogen-bond acceptors (Lipinski definition) is 3. The fraction of sp³-hybridized carbons (Fsp3) is 0.714. The minimum absolute atomic E-state index is 0.289. The summed E-state index contributed by atoms with van der Waals surface area (Å²) < 4.78 is 5.47. The molecule has 96 valence electrons. The Hall–Kier alpha value is -0.800. The van der Waals surface area contributed by atoms with Crippen molar-refractivity contribution in [3.8, 4) is 0 Å². The van der Waals surface area contributed by atoms with Gasteiger partial charge in [0.05, 0.1) is 12.8 Å². The molecule has 0 aromatic carbocycles. The summed E-state index contributed by atoms with van der Waals surface area (Å²) >= 11 is 0. The highest BCUT2D eigenvalue weighted by atomic mass is 16.3. The van der Waals surface area contributed by atoms with Crippen LogP contribution in [0.25, 0.3) is 0 Å². The van der Waals surface area contributed by atoms with Crippen LogP contribution in [0.5, 0.6) is 0 Å². The molecule has 0 saturated carbocycles. The molecule has 3 nitrogen and oxygen atoms in total. The molecule has 0 amide bonds. The van der Waals surface area contributed by atoms with E-state index in [2.05, 4.69) is 30.1 Å². The van der Waals surface area contributed by atoms with E-state index in [1.807, 2.05) is 13.1 Å². The molecule has 0 aliphatic carbocycles. The zero-order chi connectivity index (χ0) is 12.3. The number of nitrogens with one attached hydrogen (secondary N) is 1. The van der Waals surface area contributed by atoms with Gasteiger partial charge in [-0.25, -0.2) is 0 Å². The third-order valence-electron chi connectivity index (χ3n) is 3.92. The smallest absolute Gasteiger partial charge is 0.117 e. The van der Waals surface area contributed by atoms with Crippen LogP contribution < -0.4 is 5.32 Å². The molecule has 17 heavy (non-hydrogen) atoms. The summed E-state index contributed by atoms with van der Waals surface area (Å²) in [5.74, 6) is 1.84. The SMILES string of the molecule is CNCC1CCC(C)(C)N(Cc2ccco2)C1. The average Bonchev–Trinajstić information content (AvgIpc) is 2.76. The highest BCUT2D eigenvalue weighted by Crippen LogP contribution is 2.31. The van der Waals surface area contributed by atoms with Crippen LogP contribution in [-0.4, -0.2) is 30.6 Å². The molecule has 2 heterocycles. The lowest BCUT2D eigenvalue weighted by Gasteiger charge is -2.45. The summed E-state index contributed by atoms with van der Waals surface area (Å²) in [7, 11) is 2.04. The Morgan fingerprint density at radius 1 is 1.53 bits per heavy atom. The molecule has 1 unspecified atom stereocenters. The highest BCUT2D eigenvalue weighted by Gasteiger charge is 2.34. The number of piperidine rings is 1. The van der Waals surface area contributed by atoms with Gasteiger partial charge in [0, 0.05) is 12.1 Å². The first-order chi connectivity index (χ1) is 8.12. The van der Waals surface area contributed by atoms with Gasteiger partial charge in [-0.15, -0.1) is 0 Å². The van der Waals surface area contributed by atoms with Crippen molar-refractivity contribution >= 4 is 0 Å². The zero-order valence-electron chi connectivity index (χ0n) is 11.2. The number of nitrogens with zero attached hydrogens (tertiary/aromatic N) is 1. The van der Waals surface area contributed by atoms with E-state index in [0.717, 1.165) is 31.3 Å². The normalized spacial score (nSPS) is 25.0. The molecule has 0 spiro atoms. The van der Waals surface area contributed by atoms with Gasteiger partial charge < -0.3 is 9.73 Å². The summed E-state index contributed by atoms with van der Waals surface area (Å²) in [6.07, 6.45) is 4.35. The molecule has 3 heteroatoms. The Labute approximate surface area is 104 Å². The van der Waals surface area contributed by atoms with Gasteiger partial charge in [0.25, 0.3) is 0 Å². The Balaban J connectivity index is 2.00. The van der Waals surface area contributed by atoms with Crippen molar-refractivity contribution in [2.45, 2.75) is 38.8 Å². The molecular weight excluding hydrogens is 212 g/mol. The van der Waals surface area contributed by atoms with Gasteiger partial charge in [0.2, 0.25) is 0 Å². The summed E-state index contributed by atoms with van der Waals surface area (Å²) in [6.45, 7) is 7.89. The Morgan fingerprint density at radius 3 is 3.00 bits per heavy atom. The number of rotatable bonds is 4. The largest absolute Gasteiger partial charge is 0.468 e. The van der Waals surface area contributed by atoms with E-state index in [9.17, 15) is 0 Å². The van der Waals surface area contributed by atoms with Crippen molar-refractivity contribution in [3.63, 3.8) is 0 Å². The quantitative estimate of drug-likeness (QED) is 0.870. The van der Waals surface area contributed by atoms with Crippen LogP contribution in [0.3, 0.4) is 0 Å². The fourth-order valence-electron chi connectivity index (χ4n) is 2.69. The van der Waals surface area contributed by atoms with Crippen LogP contribution in [-0.2, 0) is 6.54 Å². The average molecular weight is 236 g/mol. The van der Waals surface area contributed by atoms with Crippen LogP contribution in [0.2, 0.25) is 0 Å². The predicted molar refractivity (Wildman–Crippen MR) is 69.8 cm³/mol. The topological polar surface area (TPSA) is 28.4 Å². The molecule has 2 rings (SSSR count). The van der Waals surface area contributed by atoms with E-state index in [-0.39, 0.29) is 5.54 Å².